The summed E-state index contributed by atoms with van der Waals surface area (Å²) in [5.41, 5.74) is 5.40. The summed E-state index contributed by atoms with van der Waals surface area (Å²) >= 11 is 0. The Bertz CT molecular complexity index is 876. The second kappa shape index (κ2) is 9.32. The van der Waals surface area contributed by atoms with Gasteiger partial charge in [-0.25, -0.2) is 4.39 Å². The van der Waals surface area contributed by atoms with Crippen LogP contribution in [0.4, 0.5) is 4.39 Å². The van der Waals surface area contributed by atoms with Gasteiger partial charge in [0.05, 0.1) is 0 Å². The summed E-state index contributed by atoms with van der Waals surface area (Å²) in [4.78, 5) is 0. The molecule has 1 unspecified atom stereocenters. The van der Waals surface area contributed by atoms with Gasteiger partial charge in [0.1, 0.15) is 5.82 Å². The Labute approximate surface area is 162 Å². The van der Waals surface area contributed by atoms with Crippen molar-refractivity contribution < 1.29 is 4.39 Å². The molecule has 1 atom stereocenters. The first-order chi connectivity index (χ1) is 13.2. The Hall–Kier alpha value is -2.67. The number of hydrogen-bond donors (Lipinski definition) is 0. The van der Waals surface area contributed by atoms with Crippen LogP contribution < -0.4 is 0 Å². The second-order valence-electron chi connectivity index (χ2n) is 7.19. The van der Waals surface area contributed by atoms with Crippen molar-refractivity contribution in [1.29, 1.82) is 0 Å². The first kappa shape index (κ1) is 19.1. The molecular weight excluding hydrogens is 331 g/mol. The molecule has 0 saturated heterocycles. The Morgan fingerprint density at radius 1 is 0.852 bits per heavy atom. The van der Waals surface area contributed by atoms with Crippen LogP contribution in [-0.4, -0.2) is 0 Å². The second-order valence-corrected chi connectivity index (χ2v) is 7.19. The molecule has 0 radical (unpaired) electrons. The number of halogens is 1. The average molecular weight is 358 g/mol. The van der Waals surface area contributed by atoms with Crippen molar-refractivity contribution in [2.75, 3.05) is 0 Å². The molecular formula is C26H27F. The van der Waals surface area contributed by atoms with Crippen LogP contribution in [0.1, 0.15) is 54.0 Å². The molecule has 0 bridgehead atoms. The van der Waals surface area contributed by atoms with E-state index in [0.717, 1.165) is 29.5 Å². The predicted molar refractivity (Wildman–Crippen MR) is 114 cm³/mol. The van der Waals surface area contributed by atoms with E-state index in [4.69, 9.17) is 0 Å². The maximum absolute atomic E-state index is 14.6. The minimum Gasteiger partial charge on any atom is -0.207 e. The molecule has 0 saturated carbocycles. The number of rotatable bonds is 7. The summed E-state index contributed by atoms with van der Waals surface area (Å²) in [7, 11) is 0. The van der Waals surface area contributed by atoms with E-state index < -0.39 is 0 Å². The average Bonchev–Trinajstić information content (AvgIpc) is 2.70. The standard InChI is InChI=1S/C26H27F/c1-3-7-21-10-12-22(13-11-21)14-15-23-16-17-25(26(27)19-23)18-20(2)24-8-5-4-6-9-24/h4-6,8-17,19-20H,3,7,18H2,1-2H3/b15-14+. The molecule has 0 aliphatic carbocycles. The van der Waals surface area contributed by atoms with Gasteiger partial charge in [0.2, 0.25) is 0 Å². The molecule has 0 amide bonds. The van der Waals surface area contributed by atoms with Crippen LogP contribution in [0.25, 0.3) is 12.2 Å². The van der Waals surface area contributed by atoms with Crippen molar-refractivity contribution >= 4 is 12.2 Å². The lowest BCUT2D eigenvalue weighted by Gasteiger charge is -2.13. The van der Waals surface area contributed by atoms with Crippen molar-refractivity contribution in [2.24, 2.45) is 0 Å². The molecule has 138 valence electrons. The highest BCUT2D eigenvalue weighted by atomic mass is 19.1. The molecule has 3 rings (SSSR count). The monoisotopic (exact) mass is 358 g/mol. The van der Waals surface area contributed by atoms with Gasteiger partial charge in [0, 0.05) is 0 Å². The van der Waals surface area contributed by atoms with Crippen molar-refractivity contribution in [3.8, 4) is 0 Å². The number of benzene rings is 3. The highest BCUT2D eigenvalue weighted by Crippen LogP contribution is 2.23. The highest BCUT2D eigenvalue weighted by Gasteiger charge is 2.10. The minimum atomic E-state index is -0.127. The van der Waals surface area contributed by atoms with Crippen LogP contribution in [0, 0.1) is 5.82 Å². The lowest BCUT2D eigenvalue weighted by molar-refractivity contribution is 0.597. The van der Waals surface area contributed by atoms with E-state index in [1.54, 1.807) is 6.07 Å². The van der Waals surface area contributed by atoms with Gasteiger partial charge in [-0.05, 0) is 52.6 Å². The fourth-order valence-electron chi connectivity index (χ4n) is 3.34. The van der Waals surface area contributed by atoms with E-state index in [0.29, 0.717) is 12.3 Å². The molecule has 3 aromatic rings. The lowest BCUT2D eigenvalue weighted by Crippen LogP contribution is -2.00. The molecule has 0 aliphatic rings. The van der Waals surface area contributed by atoms with Crippen LogP contribution in [-0.2, 0) is 12.8 Å². The molecule has 0 fully saturated rings. The van der Waals surface area contributed by atoms with Crippen molar-refractivity contribution in [3.63, 3.8) is 0 Å². The van der Waals surface area contributed by atoms with E-state index in [9.17, 15) is 4.39 Å². The largest absolute Gasteiger partial charge is 0.207 e. The normalized spacial score (nSPS) is 12.4. The molecule has 0 heterocycles. The zero-order chi connectivity index (χ0) is 19.1. The predicted octanol–water partition coefficient (Wildman–Crippen LogP) is 7.29. The Morgan fingerprint density at radius 3 is 2.19 bits per heavy atom. The summed E-state index contributed by atoms with van der Waals surface area (Å²) in [6.45, 7) is 4.33. The molecule has 1 heteroatoms. The van der Waals surface area contributed by atoms with Gasteiger partial charge in [-0.2, -0.15) is 0 Å². The molecule has 0 aliphatic heterocycles. The summed E-state index contributed by atoms with van der Waals surface area (Å²) in [5, 5.41) is 0. The molecule has 27 heavy (non-hydrogen) atoms. The topological polar surface area (TPSA) is 0 Å². The third-order valence-corrected chi connectivity index (χ3v) is 4.96. The number of aryl methyl sites for hydroxylation is 1. The molecule has 0 spiro atoms. The summed E-state index contributed by atoms with van der Waals surface area (Å²) < 4.78 is 14.6. The summed E-state index contributed by atoms with van der Waals surface area (Å²) in [6.07, 6.45) is 6.99. The fourth-order valence-corrected chi connectivity index (χ4v) is 3.34. The van der Waals surface area contributed by atoms with Gasteiger partial charge in [-0.3, -0.25) is 0 Å². The van der Waals surface area contributed by atoms with Gasteiger partial charge < -0.3 is 0 Å². The maximum Gasteiger partial charge on any atom is 0.127 e. The fraction of sp³-hybridized carbons (Fsp3) is 0.231. The molecule has 0 nitrogen and oxygen atoms in total. The van der Waals surface area contributed by atoms with Crippen LogP contribution in [0.2, 0.25) is 0 Å². The molecule has 3 aromatic carbocycles. The third-order valence-electron chi connectivity index (χ3n) is 4.96. The zero-order valence-corrected chi connectivity index (χ0v) is 16.2. The van der Waals surface area contributed by atoms with Crippen molar-refractivity contribution in [3.05, 3.63) is 106 Å². The summed E-state index contributed by atoms with van der Waals surface area (Å²) in [6, 6.07) is 24.4. The first-order valence-corrected chi connectivity index (χ1v) is 9.76. The van der Waals surface area contributed by atoms with E-state index in [1.807, 2.05) is 42.5 Å². The van der Waals surface area contributed by atoms with Crippen LogP contribution >= 0.6 is 0 Å². The molecule has 0 N–H and O–H groups in total. The smallest absolute Gasteiger partial charge is 0.127 e. The van der Waals surface area contributed by atoms with Gasteiger partial charge in [0.25, 0.3) is 0 Å². The van der Waals surface area contributed by atoms with Gasteiger partial charge >= 0.3 is 0 Å². The van der Waals surface area contributed by atoms with E-state index in [2.05, 4.69) is 50.2 Å². The SMILES string of the molecule is CCCc1ccc(/C=C/c2ccc(CC(C)c3ccccc3)c(F)c2)cc1. The van der Waals surface area contributed by atoms with E-state index in [1.165, 1.54) is 11.1 Å². The van der Waals surface area contributed by atoms with Gasteiger partial charge in [0.15, 0.2) is 0 Å². The first-order valence-electron chi connectivity index (χ1n) is 9.76. The maximum atomic E-state index is 14.6. The van der Waals surface area contributed by atoms with Crippen LogP contribution in [0.3, 0.4) is 0 Å². The van der Waals surface area contributed by atoms with E-state index >= 15 is 0 Å². The van der Waals surface area contributed by atoms with Gasteiger partial charge in [-0.1, -0.05) is 99.2 Å². The lowest BCUT2D eigenvalue weighted by atomic mass is 9.93. The summed E-state index contributed by atoms with van der Waals surface area (Å²) in [5.74, 6) is 0.168. The highest BCUT2D eigenvalue weighted by molar-refractivity contribution is 5.69. The van der Waals surface area contributed by atoms with Crippen LogP contribution in [0.5, 0.6) is 0 Å². The molecule has 0 aromatic heterocycles. The van der Waals surface area contributed by atoms with E-state index in [-0.39, 0.29) is 5.82 Å². The third kappa shape index (κ3) is 5.40. The van der Waals surface area contributed by atoms with Crippen molar-refractivity contribution in [2.45, 2.75) is 39.0 Å². The number of hydrogen-bond acceptors (Lipinski definition) is 0. The van der Waals surface area contributed by atoms with Crippen LogP contribution in [0.15, 0.2) is 72.8 Å². The quantitative estimate of drug-likeness (QED) is 0.389. The zero-order valence-electron chi connectivity index (χ0n) is 16.2. The Morgan fingerprint density at radius 2 is 1.52 bits per heavy atom. The van der Waals surface area contributed by atoms with Gasteiger partial charge in [-0.15, -0.1) is 0 Å². The minimum absolute atomic E-state index is 0.127. The Kier molecular flexibility index (Phi) is 6.59. The Balaban J connectivity index is 1.67. The van der Waals surface area contributed by atoms with Crippen molar-refractivity contribution in [1.82, 2.24) is 0 Å².